The van der Waals surface area contributed by atoms with Gasteiger partial charge in [-0.3, -0.25) is 4.99 Å². The molecule has 1 fully saturated rings. The molecule has 0 aromatic carbocycles. The van der Waals surface area contributed by atoms with Gasteiger partial charge in [-0.2, -0.15) is 0 Å². The average molecular weight is 282 g/mol. The Bertz CT molecular complexity index is 361. The van der Waals surface area contributed by atoms with Crippen molar-refractivity contribution in [1.82, 2.24) is 10.2 Å². The minimum atomic E-state index is -0.445. The molecule has 6 heteroatoms. The van der Waals surface area contributed by atoms with Gasteiger partial charge in [0.05, 0.1) is 0 Å². The molecule has 1 amide bonds. The highest BCUT2D eigenvalue weighted by molar-refractivity contribution is 5.70. The van der Waals surface area contributed by atoms with Crippen molar-refractivity contribution in [1.29, 1.82) is 0 Å². The van der Waals surface area contributed by atoms with E-state index < -0.39 is 5.60 Å². The summed E-state index contributed by atoms with van der Waals surface area (Å²) in [5.74, 6) is 0. The minimum absolute atomic E-state index is 0.233. The average Bonchev–Trinajstić information content (AvgIpc) is 2.37. The van der Waals surface area contributed by atoms with Gasteiger partial charge < -0.3 is 15.0 Å². The van der Waals surface area contributed by atoms with Crippen LogP contribution >= 0.6 is 0 Å². The minimum Gasteiger partial charge on any atom is -0.444 e. The number of carbonyl (C=O) groups excluding carboxylic acids is 1. The van der Waals surface area contributed by atoms with E-state index >= 15 is 0 Å². The van der Waals surface area contributed by atoms with Crippen LogP contribution in [0.1, 0.15) is 34.1 Å². The zero-order chi connectivity index (χ0) is 15.0. The fourth-order valence-corrected chi connectivity index (χ4v) is 1.91. The summed E-state index contributed by atoms with van der Waals surface area (Å²) in [7, 11) is 0. The summed E-state index contributed by atoms with van der Waals surface area (Å²) < 4.78 is 5.39. The molecule has 1 saturated heterocycles. The maximum atomic E-state index is 12.0. The molecule has 0 bridgehead atoms. The van der Waals surface area contributed by atoms with Gasteiger partial charge in [0, 0.05) is 38.4 Å². The highest BCUT2D eigenvalue weighted by Gasteiger charge is 2.26. The van der Waals surface area contributed by atoms with E-state index in [0.29, 0.717) is 19.6 Å². The van der Waals surface area contributed by atoms with Crippen molar-refractivity contribution in [3.05, 3.63) is 0 Å². The van der Waals surface area contributed by atoms with Crippen LogP contribution in [0.15, 0.2) is 9.98 Å². The molecule has 0 aromatic rings. The van der Waals surface area contributed by atoms with Crippen LogP contribution in [-0.4, -0.2) is 61.4 Å². The summed E-state index contributed by atoms with van der Waals surface area (Å²) >= 11 is 0. The summed E-state index contributed by atoms with van der Waals surface area (Å²) in [5.41, 5.74) is -0.445. The Morgan fingerprint density at radius 1 is 1.50 bits per heavy atom. The molecule has 6 nitrogen and oxygen atoms in total. The van der Waals surface area contributed by atoms with E-state index in [4.69, 9.17) is 4.74 Å². The lowest BCUT2D eigenvalue weighted by atomic mass is 10.1. The van der Waals surface area contributed by atoms with E-state index in [9.17, 15) is 4.79 Å². The van der Waals surface area contributed by atoms with E-state index in [2.05, 4.69) is 15.3 Å². The zero-order valence-electron chi connectivity index (χ0n) is 12.9. The molecule has 0 aromatic heterocycles. The van der Waals surface area contributed by atoms with Gasteiger partial charge in [0.1, 0.15) is 11.9 Å². The fraction of sp³-hybridized carbons (Fsp3) is 0.786. The number of rotatable bonds is 4. The molecule has 0 saturated carbocycles. The largest absolute Gasteiger partial charge is 0.444 e. The van der Waals surface area contributed by atoms with Gasteiger partial charge in [0.25, 0.3) is 0 Å². The van der Waals surface area contributed by atoms with Crippen molar-refractivity contribution in [2.75, 3.05) is 26.2 Å². The van der Waals surface area contributed by atoms with Crippen LogP contribution in [-0.2, 0) is 4.74 Å². The topological polar surface area (TPSA) is 66.3 Å². The van der Waals surface area contributed by atoms with E-state index in [1.807, 2.05) is 27.7 Å². The maximum absolute atomic E-state index is 12.0. The zero-order valence-corrected chi connectivity index (χ0v) is 12.9. The summed E-state index contributed by atoms with van der Waals surface area (Å²) in [6, 6.07) is 0.263. The van der Waals surface area contributed by atoms with Gasteiger partial charge in [0.15, 0.2) is 0 Å². The third kappa shape index (κ3) is 6.65. The lowest BCUT2D eigenvalue weighted by Gasteiger charge is -2.34. The Kier molecular flexibility index (Phi) is 6.64. The number of amides is 1. The number of hydrogen-bond acceptors (Lipinski definition) is 4. The molecule has 0 spiro atoms. The monoisotopic (exact) mass is 282 g/mol. The van der Waals surface area contributed by atoms with Crippen LogP contribution in [0.2, 0.25) is 0 Å². The molecule has 20 heavy (non-hydrogen) atoms. The first-order valence-corrected chi connectivity index (χ1v) is 7.10. The van der Waals surface area contributed by atoms with Crippen molar-refractivity contribution in [2.45, 2.75) is 45.8 Å². The van der Waals surface area contributed by atoms with Crippen LogP contribution in [0.4, 0.5) is 4.79 Å². The number of carbonyl (C=O) groups is 1. The SMILES string of the molecule is C/C=N\C=N/CCC1CN(C(=O)OC(C)(C)C)CCN1. The number of nitrogens with one attached hydrogen (secondary N) is 1. The lowest BCUT2D eigenvalue weighted by molar-refractivity contribution is 0.0193. The molecule has 1 N–H and O–H groups in total. The molecular formula is C14H26N4O2. The maximum Gasteiger partial charge on any atom is 0.410 e. The fourth-order valence-electron chi connectivity index (χ4n) is 1.91. The Hall–Kier alpha value is -1.43. The van der Waals surface area contributed by atoms with Crippen LogP contribution in [0.5, 0.6) is 0 Å². The van der Waals surface area contributed by atoms with Crippen molar-refractivity contribution in [3.63, 3.8) is 0 Å². The van der Waals surface area contributed by atoms with Gasteiger partial charge in [0.2, 0.25) is 0 Å². The lowest BCUT2D eigenvalue weighted by Crippen LogP contribution is -2.53. The van der Waals surface area contributed by atoms with E-state index in [1.165, 1.54) is 0 Å². The van der Waals surface area contributed by atoms with Crippen LogP contribution in [0.25, 0.3) is 0 Å². The van der Waals surface area contributed by atoms with Gasteiger partial charge in [-0.05, 0) is 34.1 Å². The van der Waals surface area contributed by atoms with Crippen molar-refractivity contribution < 1.29 is 9.53 Å². The second kappa shape index (κ2) is 7.99. The molecule has 0 radical (unpaired) electrons. The van der Waals surface area contributed by atoms with Crippen LogP contribution in [0, 0.1) is 0 Å². The van der Waals surface area contributed by atoms with Crippen LogP contribution < -0.4 is 5.32 Å². The molecule has 114 valence electrons. The number of piperazine rings is 1. The Morgan fingerprint density at radius 2 is 2.25 bits per heavy atom. The van der Waals surface area contributed by atoms with E-state index in [1.54, 1.807) is 17.5 Å². The molecule has 0 aliphatic carbocycles. The summed E-state index contributed by atoms with van der Waals surface area (Å²) in [6.07, 6.45) is 3.92. The number of nitrogens with zero attached hydrogens (tertiary/aromatic N) is 3. The van der Waals surface area contributed by atoms with E-state index in [-0.39, 0.29) is 12.1 Å². The first-order valence-electron chi connectivity index (χ1n) is 7.10. The van der Waals surface area contributed by atoms with Crippen molar-refractivity contribution >= 4 is 18.6 Å². The molecular weight excluding hydrogens is 256 g/mol. The smallest absolute Gasteiger partial charge is 0.410 e. The quantitative estimate of drug-likeness (QED) is 0.630. The van der Waals surface area contributed by atoms with Gasteiger partial charge >= 0.3 is 6.09 Å². The normalized spacial score (nSPS) is 20.8. The standard InChI is InChI=1S/C14H26N4O2/c1-5-15-11-16-7-6-12-10-18(9-8-17-12)13(19)20-14(2,3)4/h5,11-12,17H,6-10H2,1-4H3/b15-5-,16-11-. The molecule has 1 atom stereocenters. The summed E-state index contributed by atoms with van der Waals surface area (Å²) in [6.45, 7) is 10.4. The first-order chi connectivity index (χ1) is 9.42. The molecule has 1 aliphatic heterocycles. The Labute approximate surface area is 121 Å². The molecule has 1 aliphatic rings. The number of ether oxygens (including phenoxy) is 1. The third-order valence-corrected chi connectivity index (χ3v) is 2.81. The van der Waals surface area contributed by atoms with Crippen molar-refractivity contribution in [2.24, 2.45) is 9.98 Å². The first kappa shape index (κ1) is 16.6. The Balaban J connectivity index is 2.36. The second-order valence-electron chi connectivity index (χ2n) is 5.80. The number of hydrogen-bond donors (Lipinski definition) is 1. The summed E-state index contributed by atoms with van der Waals surface area (Å²) in [4.78, 5) is 21.9. The molecule has 1 rings (SSSR count). The third-order valence-electron chi connectivity index (χ3n) is 2.81. The molecule has 1 unspecified atom stereocenters. The Morgan fingerprint density at radius 3 is 2.90 bits per heavy atom. The van der Waals surface area contributed by atoms with Crippen molar-refractivity contribution in [3.8, 4) is 0 Å². The van der Waals surface area contributed by atoms with Crippen LogP contribution in [0.3, 0.4) is 0 Å². The highest BCUT2D eigenvalue weighted by atomic mass is 16.6. The highest BCUT2D eigenvalue weighted by Crippen LogP contribution is 2.12. The second-order valence-corrected chi connectivity index (χ2v) is 5.80. The number of aliphatic imine (C=N–C) groups is 2. The predicted molar refractivity (Wildman–Crippen MR) is 81.7 cm³/mol. The van der Waals surface area contributed by atoms with Gasteiger partial charge in [-0.25, -0.2) is 9.79 Å². The van der Waals surface area contributed by atoms with Gasteiger partial charge in [-0.1, -0.05) is 0 Å². The van der Waals surface area contributed by atoms with Gasteiger partial charge in [-0.15, -0.1) is 0 Å². The molecule has 1 heterocycles. The summed E-state index contributed by atoms with van der Waals surface area (Å²) in [5, 5.41) is 3.40. The predicted octanol–water partition coefficient (Wildman–Crippen LogP) is 1.70. The van der Waals surface area contributed by atoms with E-state index in [0.717, 1.165) is 13.0 Å².